The summed E-state index contributed by atoms with van der Waals surface area (Å²) in [7, 11) is -3.24. The molecule has 0 bridgehead atoms. The monoisotopic (exact) mass is 541 g/mol. The number of sulfone groups is 1. The lowest BCUT2D eigenvalue weighted by molar-refractivity contribution is -0.105. The van der Waals surface area contributed by atoms with E-state index in [-0.39, 0.29) is 11.9 Å². The van der Waals surface area contributed by atoms with E-state index in [1.54, 1.807) is 12.2 Å². The Balaban J connectivity index is 0.00000235. The number of allylic oxidation sites excluding steroid dienone is 8. The van der Waals surface area contributed by atoms with Crippen molar-refractivity contribution in [1.82, 2.24) is 4.98 Å². The molecule has 0 saturated carbocycles. The number of nitrogens with zero attached hydrogens (tertiary/aromatic N) is 2. The summed E-state index contributed by atoms with van der Waals surface area (Å²) in [6.45, 7) is 4.00. The molecular weight excluding hydrogens is 506 g/mol. The van der Waals surface area contributed by atoms with E-state index < -0.39 is 9.84 Å². The van der Waals surface area contributed by atoms with Gasteiger partial charge in [0, 0.05) is 23.5 Å². The number of amides is 1. The molecule has 1 aromatic rings. The number of rotatable bonds is 10. The molecule has 2 aliphatic carbocycles. The lowest BCUT2D eigenvalue weighted by Crippen LogP contribution is -2.22. The number of hydrogen-bond acceptors (Lipinski definition) is 6. The van der Waals surface area contributed by atoms with Crippen molar-refractivity contribution in [1.29, 1.82) is 0 Å². The van der Waals surface area contributed by atoms with Crippen LogP contribution in [0, 0.1) is 17.8 Å². The molecule has 2 aliphatic rings. The highest BCUT2D eigenvalue weighted by Crippen LogP contribution is 2.28. The van der Waals surface area contributed by atoms with Crippen molar-refractivity contribution >= 4 is 38.7 Å². The Kier molecular flexibility index (Phi) is 12.1. The highest BCUT2D eigenvalue weighted by Gasteiger charge is 2.15. The Bertz CT molecular complexity index is 1300. The average molecular weight is 542 g/mol. The first-order valence-corrected chi connectivity index (χ1v) is 14.9. The zero-order chi connectivity index (χ0) is 27.3. The first-order valence-electron chi connectivity index (χ1n) is 12.2. The summed E-state index contributed by atoms with van der Waals surface area (Å²) in [4.78, 5) is 21.1. The maximum atomic E-state index is 11.8. The fraction of sp³-hybridized carbons (Fsp3) is 0.370. The molecule has 10 heteroatoms. The van der Waals surface area contributed by atoms with Crippen LogP contribution < -0.4 is 16.8 Å². The van der Waals surface area contributed by atoms with Crippen LogP contribution in [-0.4, -0.2) is 32.0 Å². The molecule has 1 heterocycles. The lowest BCUT2D eigenvalue weighted by atomic mass is 9.98. The second-order valence-corrected chi connectivity index (χ2v) is 11.2. The van der Waals surface area contributed by atoms with Crippen LogP contribution >= 0.6 is 11.3 Å². The van der Waals surface area contributed by atoms with E-state index in [1.165, 1.54) is 17.6 Å². The molecule has 3 rings (SSSR count). The minimum Gasteiger partial charge on any atom is -0.370 e. The predicted molar refractivity (Wildman–Crippen MR) is 153 cm³/mol. The Morgan fingerprint density at radius 1 is 1.24 bits per heavy atom. The minimum atomic E-state index is -3.24. The van der Waals surface area contributed by atoms with Gasteiger partial charge in [-0.25, -0.2) is 18.4 Å². The van der Waals surface area contributed by atoms with Gasteiger partial charge in [-0.3, -0.25) is 4.79 Å². The van der Waals surface area contributed by atoms with Gasteiger partial charge in [0.2, 0.25) is 6.41 Å². The van der Waals surface area contributed by atoms with Crippen LogP contribution in [0.3, 0.4) is 0 Å². The summed E-state index contributed by atoms with van der Waals surface area (Å²) in [5, 5.41) is 3.22. The third-order valence-corrected chi connectivity index (χ3v) is 7.57. The molecule has 0 radical (unpaired) electrons. The van der Waals surface area contributed by atoms with Gasteiger partial charge < -0.3 is 16.8 Å². The third-order valence-electron chi connectivity index (χ3n) is 5.36. The number of nitrogens with two attached hydrogens (primary N) is 2. The second kappa shape index (κ2) is 15.0. The zero-order valence-corrected chi connectivity index (χ0v) is 23.2. The van der Waals surface area contributed by atoms with Crippen LogP contribution in [0.2, 0.25) is 0 Å². The summed E-state index contributed by atoms with van der Waals surface area (Å²) >= 11 is 1.47. The predicted octanol–water partition coefficient (Wildman–Crippen LogP) is 4.15. The standard InChI is InChI=1S/C25H29N5O3S2.C2H6/c1-35(32,33)21-8-4-6-19(10-14-21)12-16-23-22(30-25(34-23)28-17-31)15-11-18-5-2-3-7-20(13-9-18)29-24(26)27;1-2/h4,7-10,13-14,17-18H,3,6,11-12,15-16H2,1H3,(H4,26,27,29)(H,28,30,31);1-2H3/b13-9-,20-7+;. The highest BCUT2D eigenvalue weighted by atomic mass is 32.2. The summed E-state index contributed by atoms with van der Waals surface area (Å²) in [5.74, 6) is 6.44. The van der Waals surface area contributed by atoms with Crippen molar-refractivity contribution in [2.24, 2.45) is 22.4 Å². The van der Waals surface area contributed by atoms with Gasteiger partial charge in [0.05, 0.1) is 16.3 Å². The van der Waals surface area contributed by atoms with Crippen LogP contribution in [-0.2, 0) is 27.5 Å². The maximum Gasteiger partial charge on any atom is 0.213 e. The number of aliphatic imine (C=N–C) groups is 1. The van der Waals surface area contributed by atoms with E-state index in [1.807, 2.05) is 44.2 Å². The third kappa shape index (κ3) is 10.2. The molecule has 0 saturated heterocycles. The maximum absolute atomic E-state index is 11.8. The molecule has 1 aromatic heterocycles. The number of carbonyl (C=O) groups is 1. The van der Waals surface area contributed by atoms with Crippen molar-refractivity contribution in [2.45, 2.75) is 52.4 Å². The van der Waals surface area contributed by atoms with Crippen LogP contribution in [0.25, 0.3) is 0 Å². The lowest BCUT2D eigenvalue weighted by Gasteiger charge is -2.08. The van der Waals surface area contributed by atoms with Gasteiger partial charge in [-0.05, 0) is 56.4 Å². The smallest absolute Gasteiger partial charge is 0.213 e. The number of hydrogen-bond donors (Lipinski definition) is 3. The topological polar surface area (TPSA) is 141 Å². The molecule has 0 fully saturated rings. The highest BCUT2D eigenvalue weighted by molar-refractivity contribution is 7.94. The van der Waals surface area contributed by atoms with Crippen LogP contribution in [0.15, 0.2) is 63.7 Å². The minimum absolute atomic E-state index is 0.00983. The Labute approximate surface area is 224 Å². The van der Waals surface area contributed by atoms with E-state index in [4.69, 9.17) is 11.5 Å². The first kappa shape index (κ1) is 29.8. The average Bonchev–Trinajstić information content (AvgIpc) is 3.05. The number of nitrogens with one attached hydrogen (secondary N) is 1. The van der Waals surface area contributed by atoms with E-state index >= 15 is 0 Å². The Morgan fingerprint density at radius 3 is 2.73 bits per heavy atom. The summed E-state index contributed by atoms with van der Waals surface area (Å²) < 4.78 is 23.6. The van der Waals surface area contributed by atoms with Crippen molar-refractivity contribution < 1.29 is 13.2 Å². The van der Waals surface area contributed by atoms with Gasteiger partial charge >= 0.3 is 0 Å². The fourth-order valence-corrected chi connectivity index (χ4v) is 5.24. The Hall–Kier alpha value is -3.42. The van der Waals surface area contributed by atoms with E-state index in [2.05, 4.69) is 27.1 Å². The van der Waals surface area contributed by atoms with Gasteiger partial charge in [-0.1, -0.05) is 49.5 Å². The molecule has 1 amide bonds. The molecule has 0 spiro atoms. The van der Waals surface area contributed by atoms with Crippen LogP contribution in [0.1, 0.15) is 50.1 Å². The molecule has 1 atom stereocenters. The number of thiazole rings is 1. The van der Waals surface area contributed by atoms with E-state index in [0.29, 0.717) is 41.4 Å². The number of guanidine groups is 1. The molecule has 5 N–H and O–H groups in total. The van der Waals surface area contributed by atoms with Gasteiger partial charge in [0.15, 0.2) is 20.9 Å². The molecular formula is C27H35N5O3S2. The fourth-order valence-electron chi connectivity index (χ4n) is 3.61. The molecule has 8 nitrogen and oxygen atoms in total. The summed E-state index contributed by atoms with van der Waals surface area (Å²) in [5.41, 5.74) is 13.7. The first-order chi connectivity index (χ1) is 17.7. The second-order valence-electron chi connectivity index (χ2n) is 8.12. The van der Waals surface area contributed by atoms with Crippen molar-refractivity contribution in [2.75, 3.05) is 11.6 Å². The van der Waals surface area contributed by atoms with Gasteiger partial charge in [0.25, 0.3) is 0 Å². The molecule has 0 aromatic carbocycles. The number of aromatic nitrogens is 1. The molecule has 37 heavy (non-hydrogen) atoms. The molecule has 198 valence electrons. The van der Waals surface area contributed by atoms with Crippen LogP contribution in [0.5, 0.6) is 0 Å². The van der Waals surface area contributed by atoms with Gasteiger partial charge in [-0.15, -0.1) is 11.3 Å². The van der Waals surface area contributed by atoms with Gasteiger partial charge in [-0.2, -0.15) is 0 Å². The normalized spacial score (nSPS) is 19.0. The van der Waals surface area contributed by atoms with Crippen molar-refractivity contribution in [3.05, 3.63) is 69.3 Å². The van der Waals surface area contributed by atoms with Crippen LogP contribution in [0.4, 0.5) is 5.13 Å². The van der Waals surface area contributed by atoms with Crippen molar-refractivity contribution in [3.8, 4) is 11.8 Å². The largest absolute Gasteiger partial charge is 0.370 e. The molecule has 1 unspecified atom stereocenters. The zero-order valence-electron chi connectivity index (χ0n) is 21.5. The SMILES string of the molecule is CC.CS(=O)(=O)C1=CC=C(CCc2sc(NC=O)nc2CCC2C#CC/C=C(N=C(N)N)\C=C/2)CC=C1. The summed E-state index contributed by atoms with van der Waals surface area (Å²) in [6, 6.07) is 0. The van der Waals surface area contributed by atoms with E-state index in [9.17, 15) is 13.2 Å². The van der Waals surface area contributed by atoms with Crippen molar-refractivity contribution in [3.63, 3.8) is 0 Å². The Morgan fingerprint density at radius 2 is 2.03 bits per heavy atom. The summed E-state index contributed by atoms with van der Waals surface area (Å²) in [6.07, 6.45) is 18.9. The quantitative estimate of drug-likeness (QED) is 0.176. The van der Waals surface area contributed by atoms with E-state index in [0.717, 1.165) is 35.4 Å². The molecule has 0 aliphatic heterocycles. The number of aryl methyl sites for hydroxylation is 2. The van der Waals surface area contributed by atoms with Gasteiger partial charge in [0.1, 0.15) is 0 Å². The number of carbonyl (C=O) groups excluding carboxylic acids is 1. The number of anilines is 1.